The molecule has 0 atom stereocenters. The normalized spacial score (nSPS) is 12.9. The molecular weight excluding hydrogens is 210 g/mol. The van der Waals surface area contributed by atoms with E-state index in [-0.39, 0.29) is 6.04 Å². The Morgan fingerprint density at radius 3 is 1.65 bits per heavy atom. The molecule has 0 heterocycles. The predicted octanol–water partition coefficient (Wildman–Crippen LogP) is 3.10. The molecule has 17 heavy (non-hydrogen) atoms. The number of aliphatic imine (C=N–C) groups is 1. The maximum atomic E-state index is 6.07. The highest BCUT2D eigenvalue weighted by atomic mass is 15.2. The maximum Gasteiger partial charge on any atom is 0.191 e. The monoisotopic (exact) mass is 241 g/mol. The summed E-state index contributed by atoms with van der Waals surface area (Å²) < 4.78 is 0. The second-order valence-electron chi connectivity index (χ2n) is 5.93. The van der Waals surface area contributed by atoms with Crippen molar-refractivity contribution in [2.75, 3.05) is 13.1 Å². The van der Waals surface area contributed by atoms with Crippen LogP contribution in [0.2, 0.25) is 0 Å². The van der Waals surface area contributed by atoms with Crippen LogP contribution in [-0.2, 0) is 0 Å². The summed E-state index contributed by atoms with van der Waals surface area (Å²) >= 11 is 0. The van der Waals surface area contributed by atoms with Crippen LogP contribution in [-0.4, -0.2) is 30.0 Å². The fraction of sp³-hybridized carbons (Fsp3) is 0.929. The average Bonchev–Trinajstić information content (AvgIpc) is 2.15. The van der Waals surface area contributed by atoms with Crippen molar-refractivity contribution in [1.29, 1.82) is 0 Å². The Labute approximate surface area is 107 Å². The largest absolute Gasteiger partial charge is 0.370 e. The summed E-state index contributed by atoms with van der Waals surface area (Å²) in [5.41, 5.74) is 6.07. The van der Waals surface area contributed by atoms with Gasteiger partial charge in [-0.3, -0.25) is 4.99 Å². The lowest BCUT2D eigenvalue weighted by Crippen LogP contribution is -2.40. The van der Waals surface area contributed by atoms with Crippen LogP contribution in [0.3, 0.4) is 0 Å². The minimum absolute atomic E-state index is 0.274. The van der Waals surface area contributed by atoms with E-state index in [9.17, 15) is 0 Å². The van der Waals surface area contributed by atoms with E-state index in [2.05, 4.69) is 51.4 Å². The molecule has 3 heteroatoms. The van der Waals surface area contributed by atoms with E-state index in [1.54, 1.807) is 0 Å². The van der Waals surface area contributed by atoms with E-state index < -0.39 is 0 Å². The van der Waals surface area contributed by atoms with Crippen LogP contribution in [0.5, 0.6) is 0 Å². The Hall–Kier alpha value is -0.730. The van der Waals surface area contributed by atoms with Gasteiger partial charge >= 0.3 is 0 Å². The third-order valence-corrected chi connectivity index (χ3v) is 2.67. The Morgan fingerprint density at radius 1 is 0.941 bits per heavy atom. The molecule has 0 rings (SSSR count). The molecule has 0 bridgehead atoms. The SMILES string of the molecule is CC(C)CCN(CCC(C)C)C(N)=NC(C)C. The van der Waals surface area contributed by atoms with Crippen molar-refractivity contribution in [3.63, 3.8) is 0 Å². The van der Waals surface area contributed by atoms with Crippen molar-refractivity contribution >= 4 is 5.96 Å². The number of rotatable bonds is 7. The van der Waals surface area contributed by atoms with Gasteiger partial charge in [-0.05, 0) is 38.5 Å². The van der Waals surface area contributed by atoms with Gasteiger partial charge in [0.15, 0.2) is 5.96 Å². The Bertz CT molecular complexity index is 208. The van der Waals surface area contributed by atoms with Gasteiger partial charge in [-0.25, -0.2) is 0 Å². The van der Waals surface area contributed by atoms with Crippen LogP contribution in [0, 0.1) is 11.8 Å². The Balaban J connectivity index is 4.38. The Kier molecular flexibility index (Phi) is 8.01. The second kappa shape index (κ2) is 8.37. The van der Waals surface area contributed by atoms with Gasteiger partial charge in [0.25, 0.3) is 0 Å². The lowest BCUT2D eigenvalue weighted by molar-refractivity contribution is 0.349. The van der Waals surface area contributed by atoms with E-state index in [0.717, 1.165) is 13.1 Å². The lowest BCUT2D eigenvalue weighted by Gasteiger charge is -2.25. The maximum absolute atomic E-state index is 6.07. The van der Waals surface area contributed by atoms with Crippen molar-refractivity contribution < 1.29 is 0 Å². The summed E-state index contributed by atoms with van der Waals surface area (Å²) in [5, 5.41) is 0. The number of hydrogen-bond donors (Lipinski definition) is 1. The predicted molar refractivity (Wildman–Crippen MR) is 77.2 cm³/mol. The summed E-state index contributed by atoms with van der Waals surface area (Å²) in [4.78, 5) is 6.69. The highest BCUT2D eigenvalue weighted by Crippen LogP contribution is 2.06. The van der Waals surface area contributed by atoms with Crippen molar-refractivity contribution in [2.24, 2.45) is 22.6 Å². The van der Waals surface area contributed by atoms with Gasteiger partial charge in [0.2, 0.25) is 0 Å². The van der Waals surface area contributed by atoms with Crippen molar-refractivity contribution in [2.45, 2.75) is 60.4 Å². The van der Waals surface area contributed by atoms with Gasteiger partial charge in [0, 0.05) is 19.1 Å². The molecule has 3 nitrogen and oxygen atoms in total. The number of nitrogens with zero attached hydrogens (tertiary/aromatic N) is 2. The van der Waals surface area contributed by atoms with Crippen LogP contribution >= 0.6 is 0 Å². The van der Waals surface area contributed by atoms with E-state index in [1.165, 1.54) is 12.8 Å². The smallest absolute Gasteiger partial charge is 0.191 e. The molecule has 0 amide bonds. The molecule has 0 radical (unpaired) electrons. The zero-order valence-corrected chi connectivity index (χ0v) is 12.5. The van der Waals surface area contributed by atoms with Crippen LogP contribution in [0.1, 0.15) is 54.4 Å². The molecule has 0 saturated carbocycles. The van der Waals surface area contributed by atoms with Crippen molar-refractivity contribution in [3.8, 4) is 0 Å². The summed E-state index contributed by atoms with van der Waals surface area (Å²) in [6, 6.07) is 0.274. The molecule has 0 saturated heterocycles. The van der Waals surface area contributed by atoms with Gasteiger partial charge in [-0.1, -0.05) is 27.7 Å². The molecule has 0 aromatic heterocycles. The molecule has 0 aliphatic rings. The topological polar surface area (TPSA) is 41.6 Å². The number of hydrogen-bond acceptors (Lipinski definition) is 1. The molecule has 0 aliphatic carbocycles. The first-order valence-electron chi connectivity index (χ1n) is 6.91. The molecule has 2 N–H and O–H groups in total. The highest BCUT2D eigenvalue weighted by molar-refractivity contribution is 5.78. The fourth-order valence-corrected chi connectivity index (χ4v) is 1.52. The molecule has 102 valence electrons. The van der Waals surface area contributed by atoms with Crippen LogP contribution in [0.25, 0.3) is 0 Å². The molecule has 0 unspecified atom stereocenters. The minimum Gasteiger partial charge on any atom is -0.370 e. The van der Waals surface area contributed by atoms with Gasteiger partial charge in [0.05, 0.1) is 0 Å². The molecule has 0 aromatic carbocycles. The van der Waals surface area contributed by atoms with Crippen molar-refractivity contribution in [3.05, 3.63) is 0 Å². The van der Waals surface area contributed by atoms with Crippen LogP contribution < -0.4 is 5.73 Å². The third kappa shape index (κ3) is 9.02. The molecule has 0 fully saturated rings. The number of guanidine groups is 1. The van der Waals surface area contributed by atoms with Gasteiger partial charge in [0.1, 0.15) is 0 Å². The van der Waals surface area contributed by atoms with Crippen molar-refractivity contribution in [1.82, 2.24) is 4.90 Å². The Morgan fingerprint density at radius 2 is 1.35 bits per heavy atom. The summed E-state index contributed by atoms with van der Waals surface area (Å²) in [6.07, 6.45) is 2.35. The quantitative estimate of drug-likeness (QED) is 0.549. The highest BCUT2D eigenvalue weighted by Gasteiger charge is 2.10. The summed E-state index contributed by atoms with van der Waals surface area (Å²) in [7, 11) is 0. The zero-order valence-electron chi connectivity index (χ0n) is 12.5. The summed E-state index contributed by atoms with van der Waals surface area (Å²) in [5.74, 6) is 2.13. The molecule has 0 aromatic rings. The van der Waals surface area contributed by atoms with E-state index >= 15 is 0 Å². The third-order valence-electron chi connectivity index (χ3n) is 2.67. The minimum atomic E-state index is 0.274. The van der Waals surface area contributed by atoms with Crippen LogP contribution in [0.4, 0.5) is 0 Å². The van der Waals surface area contributed by atoms with E-state index in [4.69, 9.17) is 5.73 Å². The van der Waals surface area contributed by atoms with E-state index in [0.29, 0.717) is 17.8 Å². The molecule has 0 spiro atoms. The first kappa shape index (κ1) is 16.3. The first-order valence-corrected chi connectivity index (χ1v) is 6.91. The van der Waals surface area contributed by atoms with Gasteiger partial charge < -0.3 is 10.6 Å². The van der Waals surface area contributed by atoms with Gasteiger partial charge in [-0.15, -0.1) is 0 Å². The standard InChI is InChI=1S/C14H31N3/c1-11(2)7-9-17(10-8-12(3)4)14(15)16-13(5)6/h11-13H,7-10H2,1-6H3,(H2,15,16). The molecular formula is C14H31N3. The van der Waals surface area contributed by atoms with E-state index in [1.807, 2.05) is 0 Å². The molecule has 0 aliphatic heterocycles. The first-order chi connectivity index (χ1) is 7.82. The second-order valence-corrected chi connectivity index (χ2v) is 5.93. The number of nitrogens with two attached hydrogens (primary N) is 1. The zero-order chi connectivity index (χ0) is 13.4. The lowest BCUT2D eigenvalue weighted by atomic mass is 10.1. The van der Waals surface area contributed by atoms with Gasteiger partial charge in [-0.2, -0.15) is 0 Å². The summed E-state index contributed by atoms with van der Waals surface area (Å²) in [6.45, 7) is 15.2. The average molecular weight is 241 g/mol. The fourth-order valence-electron chi connectivity index (χ4n) is 1.52. The van der Waals surface area contributed by atoms with Crippen LogP contribution in [0.15, 0.2) is 4.99 Å².